The van der Waals surface area contributed by atoms with Crippen molar-refractivity contribution in [3.8, 4) is 11.5 Å². The highest BCUT2D eigenvalue weighted by atomic mass is 19.1. The van der Waals surface area contributed by atoms with Gasteiger partial charge in [0.05, 0.1) is 20.1 Å². The Kier molecular flexibility index (Phi) is 5.77. The number of ether oxygens (including phenoxy) is 2. The maximum absolute atomic E-state index is 12.8. The molecule has 0 aliphatic carbocycles. The van der Waals surface area contributed by atoms with E-state index in [4.69, 9.17) is 9.47 Å². The lowest BCUT2D eigenvalue weighted by atomic mass is 10.1. The number of rotatable bonds is 7. The van der Waals surface area contributed by atoms with Crippen molar-refractivity contribution in [3.63, 3.8) is 0 Å². The number of carbonyl (C=O) groups is 1. The molecular formula is C17H18FNO3. The van der Waals surface area contributed by atoms with Gasteiger partial charge in [0, 0.05) is 0 Å². The Hall–Kier alpha value is -2.56. The lowest BCUT2D eigenvalue weighted by Crippen LogP contribution is -2.29. The van der Waals surface area contributed by atoms with Crippen LogP contribution in [0.1, 0.15) is 5.56 Å². The average molecular weight is 303 g/mol. The highest BCUT2D eigenvalue weighted by Gasteiger charge is 2.03. The molecule has 0 aliphatic heterocycles. The maximum atomic E-state index is 12.8. The molecule has 0 aliphatic rings. The molecule has 0 bridgehead atoms. The van der Waals surface area contributed by atoms with Crippen LogP contribution in [0.3, 0.4) is 0 Å². The largest absolute Gasteiger partial charge is 0.497 e. The number of hydrogen-bond donors (Lipinski definition) is 1. The Morgan fingerprint density at radius 1 is 1.05 bits per heavy atom. The van der Waals surface area contributed by atoms with E-state index in [9.17, 15) is 9.18 Å². The van der Waals surface area contributed by atoms with Gasteiger partial charge >= 0.3 is 0 Å². The first-order valence-electron chi connectivity index (χ1n) is 6.95. The molecule has 116 valence electrons. The van der Waals surface area contributed by atoms with Gasteiger partial charge in [-0.1, -0.05) is 12.1 Å². The Labute approximate surface area is 128 Å². The van der Waals surface area contributed by atoms with Crippen molar-refractivity contribution in [2.45, 2.75) is 6.42 Å². The van der Waals surface area contributed by atoms with Crippen LogP contribution in [0.15, 0.2) is 48.5 Å². The summed E-state index contributed by atoms with van der Waals surface area (Å²) in [4.78, 5) is 11.7. The predicted octanol–water partition coefficient (Wildman–Crippen LogP) is 2.57. The van der Waals surface area contributed by atoms with Crippen molar-refractivity contribution in [1.29, 1.82) is 0 Å². The number of benzene rings is 2. The Morgan fingerprint density at radius 2 is 1.68 bits per heavy atom. The number of hydrogen-bond acceptors (Lipinski definition) is 3. The molecule has 0 atom stereocenters. The molecule has 0 aromatic heterocycles. The van der Waals surface area contributed by atoms with Gasteiger partial charge in [-0.2, -0.15) is 0 Å². The van der Waals surface area contributed by atoms with Crippen molar-refractivity contribution in [2.75, 3.05) is 20.3 Å². The molecular weight excluding hydrogens is 285 g/mol. The van der Waals surface area contributed by atoms with Crippen molar-refractivity contribution >= 4 is 5.91 Å². The summed E-state index contributed by atoms with van der Waals surface area (Å²) in [6, 6.07) is 13.1. The van der Waals surface area contributed by atoms with E-state index in [1.165, 1.54) is 12.1 Å². The van der Waals surface area contributed by atoms with Crippen LogP contribution in [0.4, 0.5) is 4.39 Å². The zero-order valence-electron chi connectivity index (χ0n) is 12.3. The van der Waals surface area contributed by atoms with E-state index >= 15 is 0 Å². The molecule has 2 rings (SSSR count). The summed E-state index contributed by atoms with van der Waals surface area (Å²) >= 11 is 0. The summed E-state index contributed by atoms with van der Waals surface area (Å²) in [5.74, 6) is 1.05. The molecule has 2 aromatic rings. The van der Waals surface area contributed by atoms with Crippen molar-refractivity contribution < 1.29 is 18.7 Å². The molecule has 22 heavy (non-hydrogen) atoms. The number of nitrogens with one attached hydrogen (secondary N) is 1. The fraction of sp³-hybridized carbons (Fsp3) is 0.235. The third-order valence-electron chi connectivity index (χ3n) is 3.03. The SMILES string of the molecule is COc1ccc(OCCNC(=O)Cc2ccc(F)cc2)cc1. The molecule has 0 spiro atoms. The highest BCUT2D eigenvalue weighted by molar-refractivity contribution is 5.78. The van der Waals surface area contributed by atoms with Gasteiger partial charge in [-0.25, -0.2) is 4.39 Å². The molecule has 1 N–H and O–H groups in total. The monoisotopic (exact) mass is 303 g/mol. The first-order valence-corrected chi connectivity index (χ1v) is 6.95. The van der Waals surface area contributed by atoms with Gasteiger partial charge in [-0.3, -0.25) is 4.79 Å². The van der Waals surface area contributed by atoms with E-state index in [1.54, 1.807) is 31.4 Å². The Bertz CT molecular complexity index is 596. The first kappa shape index (κ1) is 15.8. The van der Waals surface area contributed by atoms with Crippen LogP contribution in [-0.4, -0.2) is 26.2 Å². The zero-order chi connectivity index (χ0) is 15.8. The molecule has 1 amide bonds. The molecule has 4 nitrogen and oxygen atoms in total. The number of methoxy groups -OCH3 is 1. The number of carbonyl (C=O) groups excluding carboxylic acids is 1. The molecule has 5 heteroatoms. The number of amides is 1. The summed E-state index contributed by atoms with van der Waals surface area (Å²) in [5.41, 5.74) is 0.773. The van der Waals surface area contributed by atoms with E-state index < -0.39 is 0 Å². The number of halogens is 1. The molecule has 2 aromatic carbocycles. The van der Waals surface area contributed by atoms with Gasteiger partial charge in [0.25, 0.3) is 0 Å². The quantitative estimate of drug-likeness (QED) is 0.800. The first-order chi connectivity index (χ1) is 10.7. The zero-order valence-corrected chi connectivity index (χ0v) is 12.3. The van der Waals surface area contributed by atoms with Crippen molar-refractivity contribution in [1.82, 2.24) is 5.32 Å². The van der Waals surface area contributed by atoms with Crippen LogP contribution in [0.25, 0.3) is 0 Å². The molecule has 0 saturated heterocycles. The standard InChI is InChI=1S/C17H18FNO3/c1-21-15-6-8-16(9-7-15)22-11-10-19-17(20)12-13-2-4-14(18)5-3-13/h2-9H,10-12H2,1H3,(H,19,20). The molecule has 0 saturated carbocycles. The molecule has 0 radical (unpaired) electrons. The summed E-state index contributed by atoms with van der Waals surface area (Å²) in [5, 5.41) is 2.76. The molecule has 0 fully saturated rings. The van der Waals surface area contributed by atoms with Crippen LogP contribution in [0.2, 0.25) is 0 Å². The third kappa shape index (κ3) is 5.09. The molecule has 0 heterocycles. The maximum Gasteiger partial charge on any atom is 0.224 e. The van der Waals surface area contributed by atoms with Crippen LogP contribution >= 0.6 is 0 Å². The van der Waals surface area contributed by atoms with E-state index in [-0.39, 0.29) is 18.1 Å². The van der Waals surface area contributed by atoms with Gasteiger partial charge in [0.1, 0.15) is 23.9 Å². The van der Waals surface area contributed by atoms with Crippen LogP contribution < -0.4 is 14.8 Å². The fourth-order valence-electron chi connectivity index (χ4n) is 1.88. The van der Waals surface area contributed by atoms with Gasteiger partial charge < -0.3 is 14.8 Å². The van der Waals surface area contributed by atoms with Gasteiger partial charge in [0.2, 0.25) is 5.91 Å². The summed E-state index contributed by atoms with van der Waals surface area (Å²) < 4.78 is 23.3. The van der Waals surface area contributed by atoms with Crippen LogP contribution in [0.5, 0.6) is 11.5 Å². The summed E-state index contributed by atoms with van der Waals surface area (Å²) in [6.45, 7) is 0.785. The second kappa shape index (κ2) is 8.02. The van der Waals surface area contributed by atoms with E-state index in [0.29, 0.717) is 18.9 Å². The minimum atomic E-state index is -0.308. The van der Waals surface area contributed by atoms with Gasteiger partial charge in [-0.15, -0.1) is 0 Å². The Morgan fingerprint density at radius 3 is 2.32 bits per heavy atom. The predicted molar refractivity (Wildman–Crippen MR) is 81.6 cm³/mol. The second-order valence-electron chi connectivity index (χ2n) is 4.68. The van der Waals surface area contributed by atoms with Crippen LogP contribution in [0, 0.1) is 5.82 Å². The van der Waals surface area contributed by atoms with Crippen LogP contribution in [-0.2, 0) is 11.2 Å². The van der Waals surface area contributed by atoms with E-state index in [2.05, 4.69) is 5.32 Å². The molecule has 0 unspecified atom stereocenters. The Balaban J connectivity index is 1.67. The summed E-state index contributed by atoms with van der Waals surface area (Å²) in [6.07, 6.45) is 0.225. The minimum absolute atomic E-state index is 0.120. The lowest BCUT2D eigenvalue weighted by Gasteiger charge is -2.08. The summed E-state index contributed by atoms with van der Waals surface area (Å²) in [7, 11) is 1.60. The third-order valence-corrected chi connectivity index (χ3v) is 3.03. The van der Waals surface area contributed by atoms with E-state index in [1.807, 2.05) is 12.1 Å². The second-order valence-corrected chi connectivity index (χ2v) is 4.68. The van der Waals surface area contributed by atoms with Crippen molar-refractivity contribution in [3.05, 3.63) is 59.9 Å². The smallest absolute Gasteiger partial charge is 0.224 e. The normalized spacial score (nSPS) is 10.1. The lowest BCUT2D eigenvalue weighted by molar-refractivity contribution is -0.120. The van der Waals surface area contributed by atoms with Gasteiger partial charge in [0.15, 0.2) is 0 Å². The highest BCUT2D eigenvalue weighted by Crippen LogP contribution is 2.16. The minimum Gasteiger partial charge on any atom is -0.497 e. The van der Waals surface area contributed by atoms with Crippen molar-refractivity contribution in [2.24, 2.45) is 0 Å². The topological polar surface area (TPSA) is 47.6 Å². The average Bonchev–Trinajstić information content (AvgIpc) is 2.54. The fourth-order valence-corrected chi connectivity index (χ4v) is 1.88. The van der Waals surface area contributed by atoms with Gasteiger partial charge in [-0.05, 0) is 42.0 Å². The van der Waals surface area contributed by atoms with E-state index in [0.717, 1.165) is 11.3 Å².